The number of rotatable bonds is 7. The number of hydrogen-bond acceptors (Lipinski definition) is 2. The van der Waals surface area contributed by atoms with Gasteiger partial charge in [-0.15, -0.1) is 12.4 Å². The van der Waals surface area contributed by atoms with Crippen molar-refractivity contribution < 1.29 is 4.79 Å². The number of aromatic amines is 1. The minimum absolute atomic E-state index is 0. The average Bonchev–Trinajstić information content (AvgIpc) is 3.22. The number of H-pyrrole nitrogens is 1. The van der Waals surface area contributed by atoms with E-state index in [0.717, 1.165) is 32.4 Å². The third kappa shape index (κ3) is 4.52. The van der Waals surface area contributed by atoms with E-state index in [1.54, 1.807) is 0 Å². The first-order valence-electron chi connectivity index (χ1n) is 8.83. The zero-order chi connectivity index (χ0) is 16.1. The molecule has 2 heterocycles. The Morgan fingerprint density at radius 3 is 2.96 bits per heavy atom. The van der Waals surface area contributed by atoms with Crippen molar-refractivity contribution in [2.75, 3.05) is 19.6 Å². The fraction of sp³-hybridized carbons (Fsp3) is 0.526. The smallest absolute Gasteiger partial charge is 0.220 e. The highest BCUT2D eigenvalue weighted by Gasteiger charge is 2.15. The maximum atomic E-state index is 12.0. The SMILES string of the molecule is CCc1cccc2c(CCNC(=O)CCC3CCNC3)c[nH]c12.Cl. The number of benzene rings is 1. The number of hydrogen-bond donors (Lipinski definition) is 3. The molecule has 1 fully saturated rings. The van der Waals surface area contributed by atoms with E-state index in [1.165, 1.54) is 28.5 Å². The van der Waals surface area contributed by atoms with Gasteiger partial charge in [-0.2, -0.15) is 0 Å². The highest BCUT2D eigenvalue weighted by atomic mass is 35.5. The number of para-hydroxylation sites is 1. The van der Waals surface area contributed by atoms with Gasteiger partial charge in [0.2, 0.25) is 5.91 Å². The third-order valence-electron chi connectivity index (χ3n) is 4.93. The fourth-order valence-electron chi connectivity index (χ4n) is 3.50. The summed E-state index contributed by atoms with van der Waals surface area (Å²) < 4.78 is 0. The van der Waals surface area contributed by atoms with E-state index in [-0.39, 0.29) is 18.3 Å². The van der Waals surface area contributed by atoms with Crippen molar-refractivity contribution in [2.24, 2.45) is 5.92 Å². The molecule has 0 saturated carbocycles. The van der Waals surface area contributed by atoms with Crippen LogP contribution in [0.3, 0.4) is 0 Å². The first kappa shape index (κ1) is 18.8. The van der Waals surface area contributed by atoms with E-state index >= 15 is 0 Å². The van der Waals surface area contributed by atoms with Gasteiger partial charge < -0.3 is 15.6 Å². The molecule has 0 aliphatic carbocycles. The Bertz CT molecular complexity index is 662. The summed E-state index contributed by atoms with van der Waals surface area (Å²) in [6, 6.07) is 6.45. The summed E-state index contributed by atoms with van der Waals surface area (Å²) >= 11 is 0. The molecule has 1 amide bonds. The summed E-state index contributed by atoms with van der Waals surface area (Å²) in [6.07, 6.45) is 6.86. The van der Waals surface area contributed by atoms with Crippen molar-refractivity contribution >= 4 is 29.2 Å². The number of fused-ring (bicyclic) bond motifs is 1. The first-order chi connectivity index (χ1) is 11.3. The lowest BCUT2D eigenvalue weighted by atomic mass is 10.0. The maximum absolute atomic E-state index is 12.0. The third-order valence-corrected chi connectivity index (χ3v) is 4.93. The van der Waals surface area contributed by atoms with Crippen LogP contribution in [0, 0.1) is 5.92 Å². The van der Waals surface area contributed by atoms with E-state index in [4.69, 9.17) is 0 Å². The Morgan fingerprint density at radius 2 is 2.21 bits per heavy atom. The molecule has 1 atom stereocenters. The molecule has 1 aliphatic heterocycles. The highest BCUT2D eigenvalue weighted by molar-refractivity contribution is 5.86. The van der Waals surface area contributed by atoms with Crippen molar-refractivity contribution in [1.29, 1.82) is 0 Å². The zero-order valence-corrected chi connectivity index (χ0v) is 15.2. The second kappa shape index (κ2) is 9.09. The number of halogens is 1. The number of aryl methyl sites for hydroxylation is 1. The van der Waals surface area contributed by atoms with Crippen molar-refractivity contribution in [3.05, 3.63) is 35.5 Å². The molecule has 3 N–H and O–H groups in total. The summed E-state index contributed by atoms with van der Waals surface area (Å²) in [7, 11) is 0. The molecular formula is C19H28ClN3O. The van der Waals surface area contributed by atoms with Gasteiger partial charge in [0.05, 0.1) is 0 Å². The highest BCUT2D eigenvalue weighted by Crippen LogP contribution is 2.22. The molecule has 1 aliphatic rings. The summed E-state index contributed by atoms with van der Waals surface area (Å²) in [6.45, 7) is 5.06. The Balaban J connectivity index is 0.00000208. The average molecular weight is 350 g/mol. The Kier molecular flexibility index (Phi) is 7.13. The van der Waals surface area contributed by atoms with Crippen molar-refractivity contribution in [3.8, 4) is 0 Å². The molecule has 0 radical (unpaired) electrons. The predicted molar refractivity (Wildman–Crippen MR) is 102 cm³/mol. The van der Waals surface area contributed by atoms with Gasteiger partial charge in [0, 0.05) is 30.1 Å². The van der Waals surface area contributed by atoms with Gasteiger partial charge in [-0.25, -0.2) is 0 Å². The standard InChI is InChI=1S/C19H27N3O.ClH/c1-2-15-4-3-5-17-16(13-22-19(15)17)9-11-21-18(23)7-6-14-8-10-20-12-14;/h3-5,13-14,20,22H,2,6-12H2,1H3,(H,21,23);1H. The Labute approximate surface area is 150 Å². The van der Waals surface area contributed by atoms with E-state index < -0.39 is 0 Å². The summed E-state index contributed by atoms with van der Waals surface area (Å²) in [5.74, 6) is 0.868. The topological polar surface area (TPSA) is 56.9 Å². The van der Waals surface area contributed by atoms with Crippen molar-refractivity contribution in [1.82, 2.24) is 15.6 Å². The van der Waals surface area contributed by atoms with Gasteiger partial charge in [-0.05, 0) is 55.8 Å². The molecule has 5 heteroatoms. The quantitative estimate of drug-likeness (QED) is 0.719. The molecule has 2 aromatic rings. The van der Waals surface area contributed by atoms with Crippen LogP contribution in [-0.4, -0.2) is 30.5 Å². The van der Waals surface area contributed by atoms with Crippen LogP contribution in [0.1, 0.15) is 37.3 Å². The van der Waals surface area contributed by atoms with E-state index in [2.05, 4.69) is 46.9 Å². The summed E-state index contributed by atoms with van der Waals surface area (Å²) in [5.41, 5.74) is 3.88. The molecule has 1 aromatic carbocycles. The molecule has 1 aromatic heterocycles. The fourth-order valence-corrected chi connectivity index (χ4v) is 3.50. The van der Waals surface area contributed by atoms with Crippen LogP contribution >= 0.6 is 12.4 Å². The molecule has 0 spiro atoms. The Morgan fingerprint density at radius 1 is 1.33 bits per heavy atom. The van der Waals surface area contributed by atoms with Crippen LogP contribution in [0.5, 0.6) is 0 Å². The Hall–Kier alpha value is -1.52. The van der Waals surface area contributed by atoms with E-state index in [9.17, 15) is 4.79 Å². The lowest BCUT2D eigenvalue weighted by Gasteiger charge is -2.08. The lowest BCUT2D eigenvalue weighted by Crippen LogP contribution is -2.26. The lowest BCUT2D eigenvalue weighted by molar-refractivity contribution is -0.121. The second-order valence-corrected chi connectivity index (χ2v) is 6.50. The number of aromatic nitrogens is 1. The van der Waals surface area contributed by atoms with Gasteiger partial charge in [-0.3, -0.25) is 4.79 Å². The summed E-state index contributed by atoms with van der Waals surface area (Å²) in [4.78, 5) is 15.3. The number of amides is 1. The van der Waals surface area contributed by atoms with Gasteiger partial charge in [-0.1, -0.05) is 25.1 Å². The monoisotopic (exact) mass is 349 g/mol. The van der Waals surface area contributed by atoms with Crippen LogP contribution in [0.25, 0.3) is 10.9 Å². The van der Waals surface area contributed by atoms with E-state index in [1.807, 2.05) is 0 Å². The van der Waals surface area contributed by atoms with Gasteiger partial charge in [0.15, 0.2) is 0 Å². The second-order valence-electron chi connectivity index (χ2n) is 6.50. The molecule has 3 rings (SSSR count). The molecule has 132 valence electrons. The molecular weight excluding hydrogens is 322 g/mol. The molecule has 0 bridgehead atoms. The molecule has 24 heavy (non-hydrogen) atoms. The van der Waals surface area contributed by atoms with Gasteiger partial charge in [0.1, 0.15) is 0 Å². The largest absolute Gasteiger partial charge is 0.361 e. The van der Waals surface area contributed by atoms with Gasteiger partial charge in [0.25, 0.3) is 0 Å². The minimum Gasteiger partial charge on any atom is -0.361 e. The van der Waals surface area contributed by atoms with Crippen LogP contribution in [0.4, 0.5) is 0 Å². The van der Waals surface area contributed by atoms with Crippen LogP contribution in [0.2, 0.25) is 0 Å². The normalized spacial score (nSPS) is 17.0. The van der Waals surface area contributed by atoms with Crippen LogP contribution in [-0.2, 0) is 17.6 Å². The molecule has 1 unspecified atom stereocenters. The predicted octanol–water partition coefficient (Wildman–Crippen LogP) is 3.20. The molecule has 4 nitrogen and oxygen atoms in total. The number of carbonyl (C=O) groups is 1. The van der Waals surface area contributed by atoms with Crippen LogP contribution in [0.15, 0.2) is 24.4 Å². The zero-order valence-electron chi connectivity index (χ0n) is 14.4. The number of nitrogens with one attached hydrogen (secondary N) is 3. The van der Waals surface area contributed by atoms with Crippen molar-refractivity contribution in [2.45, 2.75) is 39.0 Å². The summed E-state index contributed by atoms with van der Waals surface area (Å²) in [5, 5.41) is 7.70. The maximum Gasteiger partial charge on any atom is 0.220 e. The number of carbonyl (C=O) groups excluding carboxylic acids is 1. The van der Waals surface area contributed by atoms with E-state index in [0.29, 0.717) is 18.9 Å². The van der Waals surface area contributed by atoms with Crippen LogP contribution < -0.4 is 10.6 Å². The van der Waals surface area contributed by atoms with Crippen molar-refractivity contribution in [3.63, 3.8) is 0 Å². The first-order valence-corrected chi connectivity index (χ1v) is 8.83. The van der Waals surface area contributed by atoms with Gasteiger partial charge >= 0.3 is 0 Å². The minimum atomic E-state index is 0. The molecule has 1 saturated heterocycles.